The van der Waals surface area contributed by atoms with Crippen LogP contribution in [-0.4, -0.2) is 30.4 Å². The molecule has 0 bridgehead atoms. The molecule has 1 aromatic carbocycles. The minimum absolute atomic E-state index is 0.0298. The molecule has 0 spiro atoms. The van der Waals surface area contributed by atoms with Gasteiger partial charge in [0.05, 0.1) is 13.7 Å². The number of hydrogen-bond donors (Lipinski definition) is 2. The second-order valence-corrected chi connectivity index (χ2v) is 5.46. The Hall–Kier alpha value is -1.82. The number of hydrogen-bond acceptors (Lipinski definition) is 5. The van der Waals surface area contributed by atoms with Crippen molar-refractivity contribution in [2.45, 2.75) is 19.5 Å². The van der Waals surface area contributed by atoms with Gasteiger partial charge in [0.1, 0.15) is 11.8 Å². The van der Waals surface area contributed by atoms with Crippen molar-refractivity contribution in [1.82, 2.24) is 10.3 Å². The number of aliphatic hydroxyl groups excluding tert-OH is 1. The molecule has 1 heterocycles. The van der Waals surface area contributed by atoms with Gasteiger partial charge in [0, 0.05) is 18.8 Å². The van der Waals surface area contributed by atoms with Gasteiger partial charge >= 0.3 is 0 Å². The van der Waals surface area contributed by atoms with E-state index in [9.17, 15) is 0 Å². The number of aromatic nitrogens is 1. The summed E-state index contributed by atoms with van der Waals surface area (Å²) in [4.78, 5) is 4.07. The Bertz CT molecular complexity index is 620. The highest BCUT2D eigenvalue weighted by molar-refractivity contribution is 6.29. The Morgan fingerprint density at radius 1 is 1.26 bits per heavy atom. The second-order valence-electron chi connectivity index (χ2n) is 5.07. The van der Waals surface area contributed by atoms with Crippen LogP contribution in [0.1, 0.15) is 24.1 Å². The average molecular weight is 337 g/mol. The molecule has 1 unspecified atom stereocenters. The quantitative estimate of drug-likeness (QED) is 0.726. The van der Waals surface area contributed by atoms with Crippen LogP contribution in [0, 0.1) is 0 Å². The fraction of sp³-hybridized carbons (Fsp3) is 0.353. The summed E-state index contributed by atoms with van der Waals surface area (Å²) in [6, 6.07) is 9.62. The molecule has 0 aliphatic heterocycles. The third kappa shape index (κ3) is 5.10. The largest absolute Gasteiger partial charge is 0.493 e. The Labute approximate surface area is 141 Å². The van der Waals surface area contributed by atoms with Gasteiger partial charge in [-0.1, -0.05) is 23.7 Å². The van der Waals surface area contributed by atoms with E-state index in [0.29, 0.717) is 23.2 Å². The first kappa shape index (κ1) is 17.5. The van der Waals surface area contributed by atoms with Gasteiger partial charge in [-0.15, -0.1) is 0 Å². The Morgan fingerprint density at radius 2 is 2.09 bits per heavy atom. The molecule has 124 valence electrons. The molecule has 0 aliphatic carbocycles. The van der Waals surface area contributed by atoms with Crippen molar-refractivity contribution in [2.24, 2.45) is 0 Å². The van der Waals surface area contributed by atoms with Crippen molar-refractivity contribution < 1.29 is 14.6 Å². The zero-order chi connectivity index (χ0) is 16.7. The van der Waals surface area contributed by atoms with E-state index in [2.05, 4.69) is 17.2 Å². The lowest BCUT2D eigenvalue weighted by molar-refractivity contribution is 0.196. The fourth-order valence-corrected chi connectivity index (χ4v) is 2.24. The van der Waals surface area contributed by atoms with E-state index in [-0.39, 0.29) is 19.3 Å². The van der Waals surface area contributed by atoms with Crippen LogP contribution in [0.3, 0.4) is 0 Å². The number of ether oxygens (including phenoxy) is 2. The summed E-state index contributed by atoms with van der Waals surface area (Å²) in [5.74, 6) is 1.28. The van der Waals surface area contributed by atoms with Crippen LogP contribution >= 0.6 is 11.6 Å². The third-order valence-electron chi connectivity index (χ3n) is 3.44. The van der Waals surface area contributed by atoms with Crippen molar-refractivity contribution in [3.8, 4) is 11.5 Å². The zero-order valence-corrected chi connectivity index (χ0v) is 14.0. The summed E-state index contributed by atoms with van der Waals surface area (Å²) >= 11 is 5.78. The third-order valence-corrected chi connectivity index (χ3v) is 3.66. The number of methoxy groups -OCH3 is 1. The number of nitrogens with zero attached hydrogens (tertiary/aromatic N) is 1. The molecular formula is C17H21ClN2O3. The van der Waals surface area contributed by atoms with Gasteiger partial charge in [-0.05, 0) is 36.2 Å². The first-order valence-corrected chi connectivity index (χ1v) is 7.77. The summed E-state index contributed by atoms with van der Waals surface area (Å²) in [5, 5.41) is 12.8. The minimum atomic E-state index is -0.0298. The van der Waals surface area contributed by atoms with Crippen molar-refractivity contribution in [3.63, 3.8) is 0 Å². The summed E-state index contributed by atoms with van der Waals surface area (Å²) in [7, 11) is 1.60. The molecular weight excluding hydrogens is 316 g/mol. The monoisotopic (exact) mass is 336 g/mol. The van der Waals surface area contributed by atoms with E-state index in [1.54, 1.807) is 19.4 Å². The highest BCUT2D eigenvalue weighted by atomic mass is 35.5. The molecule has 23 heavy (non-hydrogen) atoms. The van der Waals surface area contributed by atoms with Crippen molar-refractivity contribution in [1.29, 1.82) is 0 Å². The molecule has 2 N–H and O–H groups in total. The molecule has 2 rings (SSSR count). The average Bonchev–Trinajstić information content (AvgIpc) is 2.59. The van der Waals surface area contributed by atoms with Gasteiger partial charge in [0.25, 0.3) is 0 Å². The predicted octanol–water partition coefficient (Wildman–Crippen LogP) is 2.97. The number of pyridine rings is 1. The van der Waals surface area contributed by atoms with Crippen LogP contribution < -0.4 is 14.8 Å². The maximum atomic E-state index is 8.84. The molecule has 0 saturated carbocycles. The number of aliphatic hydroxyl groups is 1. The van der Waals surface area contributed by atoms with Gasteiger partial charge in [0.15, 0.2) is 11.5 Å². The maximum Gasteiger partial charge on any atom is 0.161 e. The minimum Gasteiger partial charge on any atom is -0.493 e. The van der Waals surface area contributed by atoms with Crippen LogP contribution in [0.15, 0.2) is 36.5 Å². The molecule has 1 aromatic heterocycles. The second kappa shape index (κ2) is 8.72. The van der Waals surface area contributed by atoms with E-state index >= 15 is 0 Å². The molecule has 5 nitrogen and oxygen atoms in total. The lowest BCUT2D eigenvalue weighted by atomic mass is 10.1. The maximum absolute atomic E-state index is 8.84. The van der Waals surface area contributed by atoms with Gasteiger partial charge in [-0.3, -0.25) is 0 Å². The van der Waals surface area contributed by atoms with Crippen LogP contribution in [0.4, 0.5) is 0 Å². The highest BCUT2D eigenvalue weighted by Crippen LogP contribution is 2.30. The van der Waals surface area contributed by atoms with E-state index in [4.69, 9.17) is 26.2 Å². The molecule has 0 amide bonds. The topological polar surface area (TPSA) is 63.6 Å². The van der Waals surface area contributed by atoms with Gasteiger partial charge in [-0.2, -0.15) is 0 Å². The highest BCUT2D eigenvalue weighted by Gasteiger charge is 2.10. The molecule has 6 heteroatoms. The van der Waals surface area contributed by atoms with E-state index < -0.39 is 0 Å². The first-order valence-electron chi connectivity index (χ1n) is 7.39. The van der Waals surface area contributed by atoms with E-state index in [0.717, 1.165) is 11.1 Å². The molecule has 0 radical (unpaired) electrons. The number of nitrogens with one attached hydrogen (secondary N) is 1. The summed E-state index contributed by atoms with van der Waals surface area (Å²) < 4.78 is 10.8. The summed E-state index contributed by atoms with van der Waals surface area (Å²) in [5.41, 5.74) is 2.15. The molecule has 1 atom stereocenters. The van der Waals surface area contributed by atoms with Crippen molar-refractivity contribution in [3.05, 3.63) is 52.8 Å². The molecule has 0 fully saturated rings. The fourth-order valence-electron chi connectivity index (χ4n) is 2.13. The lowest BCUT2D eigenvalue weighted by Crippen LogP contribution is -2.18. The summed E-state index contributed by atoms with van der Waals surface area (Å²) in [6.07, 6.45) is 1.76. The molecule has 2 aromatic rings. The molecule has 0 aliphatic rings. The smallest absolute Gasteiger partial charge is 0.161 e. The normalized spacial score (nSPS) is 12.0. The Morgan fingerprint density at radius 3 is 2.74 bits per heavy atom. The van der Waals surface area contributed by atoms with Gasteiger partial charge in [-0.25, -0.2) is 4.98 Å². The lowest BCUT2D eigenvalue weighted by Gasteiger charge is -2.17. The van der Waals surface area contributed by atoms with Crippen LogP contribution in [-0.2, 0) is 6.54 Å². The first-order chi connectivity index (χ1) is 11.1. The van der Waals surface area contributed by atoms with Crippen LogP contribution in [0.25, 0.3) is 0 Å². The number of rotatable bonds is 8. The van der Waals surface area contributed by atoms with Gasteiger partial charge in [0.2, 0.25) is 0 Å². The number of benzene rings is 1. The predicted molar refractivity (Wildman–Crippen MR) is 90.1 cm³/mol. The van der Waals surface area contributed by atoms with E-state index in [1.807, 2.05) is 24.3 Å². The van der Waals surface area contributed by atoms with Crippen molar-refractivity contribution in [2.75, 3.05) is 20.3 Å². The van der Waals surface area contributed by atoms with E-state index in [1.165, 1.54) is 0 Å². The van der Waals surface area contributed by atoms with Crippen molar-refractivity contribution >= 4 is 11.6 Å². The standard InChI is InChI=1S/C17H21ClN2O3/c1-12(19-10-13-3-6-17(18)20-11-13)14-4-5-15(23-8-7-21)16(9-14)22-2/h3-6,9,11-12,19,21H,7-8,10H2,1-2H3. The number of halogens is 1. The van der Waals surface area contributed by atoms with Crippen LogP contribution in [0.2, 0.25) is 5.15 Å². The SMILES string of the molecule is COc1cc(C(C)NCc2ccc(Cl)nc2)ccc1OCCO. The Kier molecular flexibility index (Phi) is 6.65. The summed E-state index contributed by atoms with van der Waals surface area (Å²) in [6.45, 7) is 2.98. The van der Waals surface area contributed by atoms with Crippen LogP contribution in [0.5, 0.6) is 11.5 Å². The van der Waals surface area contributed by atoms with Gasteiger partial charge < -0.3 is 19.9 Å². The Balaban J connectivity index is 2.00. The zero-order valence-electron chi connectivity index (χ0n) is 13.3. The molecule has 0 saturated heterocycles.